The fourth-order valence-corrected chi connectivity index (χ4v) is 3.23. The number of alkyl halides is 12. The average Bonchev–Trinajstić information content (AvgIpc) is 2.84. The Labute approximate surface area is 193 Å². The van der Waals surface area contributed by atoms with Gasteiger partial charge in [-0.2, -0.15) is 48.3 Å². The Morgan fingerprint density at radius 2 is 1.06 bits per heavy atom. The first-order valence-electron chi connectivity index (χ1n) is 9.31. The highest BCUT2D eigenvalue weighted by Crippen LogP contribution is 2.66. The van der Waals surface area contributed by atoms with E-state index in [4.69, 9.17) is 4.74 Å². The summed E-state index contributed by atoms with van der Waals surface area (Å²) in [4.78, 5) is 8.46. The molecule has 1 fully saturated rings. The zero-order chi connectivity index (χ0) is 27.5. The lowest BCUT2D eigenvalue weighted by Gasteiger charge is -2.38. The zero-order valence-corrected chi connectivity index (χ0v) is 17.3. The number of methoxy groups -OCH3 is 1. The molecule has 0 N–H and O–H groups in total. The van der Waals surface area contributed by atoms with Crippen molar-refractivity contribution < 1.29 is 67.0 Å². The third kappa shape index (κ3) is 3.64. The van der Waals surface area contributed by atoms with Gasteiger partial charge >= 0.3 is 41.9 Å². The Morgan fingerprint density at radius 1 is 0.694 bits per heavy atom. The number of carbonyl (C=O) groups excluding carboxylic acids is 1. The summed E-state index contributed by atoms with van der Waals surface area (Å²) in [6.45, 7) is 0. The van der Waals surface area contributed by atoms with E-state index >= 15 is 0 Å². The summed E-state index contributed by atoms with van der Waals surface area (Å²) in [5, 5.41) is 0. The molecule has 0 unspecified atom stereocenters. The summed E-state index contributed by atoms with van der Waals surface area (Å²) in [7, 11) is 1.38. The topological polar surface area (TPSA) is 38.8 Å². The number of rotatable bonds is 5. The third-order valence-electron chi connectivity index (χ3n) is 5.15. The van der Waals surface area contributed by atoms with E-state index in [1.807, 2.05) is 0 Å². The van der Waals surface area contributed by atoms with Crippen LogP contribution in [0, 0.1) is 0 Å². The van der Waals surface area contributed by atoms with Crippen LogP contribution in [0.15, 0.2) is 48.5 Å². The lowest BCUT2D eigenvalue weighted by atomic mass is 10.1. The van der Waals surface area contributed by atoms with Crippen molar-refractivity contribution in [1.82, 2.24) is 4.90 Å². The third-order valence-corrected chi connectivity index (χ3v) is 5.15. The number of esters is 1. The molecule has 2 aromatic carbocycles. The van der Waals surface area contributed by atoms with E-state index < -0.39 is 52.5 Å². The Kier molecular flexibility index (Phi) is 6.23. The first-order valence-corrected chi connectivity index (χ1v) is 9.31. The van der Waals surface area contributed by atoms with Crippen LogP contribution in [0.2, 0.25) is 0 Å². The molecule has 2 aromatic rings. The van der Waals surface area contributed by atoms with Crippen molar-refractivity contribution in [3.8, 4) is 22.6 Å². The average molecular weight is 541 g/mol. The van der Waals surface area contributed by atoms with Gasteiger partial charge in [-0.15, -0.1) is 4.90 Å². The van der Waals surface area contributed by atoms with Gasteiger partial charge in [-0.3, -0.25) is 0 Å². The highest BCUT2D eigenvalue weighted by Gasteiger charge is 2.98. The molecule has 0 amide bonds. The summed E-state index contributed by atoms with van der Waals surface area (Å²) < 4.78 is 173. The fraction of sp³-hybridized carbons (Fsp3) is 0.350. The number of ether oxygens (including phenoxy) is 2. The number of likely N-dealkylation sites (tertiary alicyclic amines) is 1. The van der Waals surface area contributed by atoms with E-state index in [0.29, 0.717) is 29.0 Å². The van der Waals surface area contributed by atoms with E-state index in [9.17, 15) is 57.5 Å². The van der Waals surface area contributed by atoms with Crippen LogP contribution in [0.25, 0.3) is 11.1 Å². The highest BCUT2D eigenvalue weighted by atomic mass is 19.4. The van der Waals surface area contributed by atoms with E-state index in [1.165, 1.54) is 31.4 Å². The number of hydrogen-bond acceptors (Lipinski definition) is 4. The molecule has 1 atom stereocenters. The molecule has 198 valence electrons. The monoisotopic (exact) mass is 541 g/mol. The van der Waals surface area contributed by atoms with Crippen molar-refractivity contribution in [2.45, 2.75) is 35.9 Å². The van der Waals surface area contributed by atoms with E-state index in [-0.39, 0.29) is 0 Å². The van der Waals surface area contributed by atoms with Crippen LogP contribution in [0.3, 0.4) is 0 Å². The first kappa shape index (κ1) is 27.4. The quantitative estimate of drug-likeness (QED) is 0.194. The van der Waals surface area contributed by atoms with Crippen molar-refractivity contribution in [2.75, 3.05) is 7.11 Å². The number of nitrogens with zero attached hydrogens (tertiary/aromatic N) is 1. The number of benzene rings is 2. The minimum absolute atomic E-state index is 0.302. The second kappa shape index (κ2) is 8.18. The second-order valence-corrected chi connectivity index (χ2v) is 7.33. The normalized spacial score (nSPS) is 22.0. The summed E-state index contributed by atoms with van der Waals surface area (Å²) in [5.74, 6) is -25.5. The van der Waals surface area contributed by atoms with Crippen molar-refractivity contribution in [1.29, 1.82) is 0 Å². The summed E-state index contributed by atoms with van der Waals surface area (Å²) in [5.41, 5.74) is 0.765. The van der Waals surface area contributed by atoms with Crippen molar-refractivity contribution in [3.05, 3.63) is 48.5 Å². The molecule has 16 heteroatoms. The van der Waals surface area contributed by atoms with Gasteiger partial charge < -0.3 is 9.47 Å². The Bertz CT molecular complexity index is 1110. The maximum absolute atomic E-state index is 14.9. The van der Waals surface area contributed by atoms with Crippen LogP contribution in [-0.4, -0.2) is 53.9 Å². The molecule has 4 nitrogen and oxygen atoms in total. The van der Waals surface area contributed by atoms with Crippen molar-refractivity contribution in [2.24, 2.45) is 0 Å². The molecule has 1 heterocycles. The maximum atomic E-state index is 14.9. The van der Waals surface area contributed by atoms with Crippen molar-refractivity contribution >= 4 is 5.97 Å². The molecule has 0 bridgehead atoms. The minimum Gasteiger partial charge on any atom is -0.497 e. The molecular formula is C20H11F12NO3. The van der Waals surface area contributed by atoms with E-state index in [2.05, 4.69) is 4.74 Å². The molecule has 0 spiro atoms. The Balaban J connectivity index is 2.00. The molecule has 0 radical (unpaired) electrons. The summed E-state index contributed by atoms with van der Waals surface area (Å²) in [6, 6.07) is -4.89. The molecule has 1 aliphatic heterocycles. The van der Waals surface area contributed by atoms with Gasteiger partial charge in [0.25, 0.3) is 0 Å². The molecule has 3 rings (SSSR count). The Hall–Kier alpha value is -3.17. The van der Waals surface area contributed by atoms with Gasteiger partial charge in [0.15, 0.2) is 0 Å². The van der Waals surface area contributed by atoms with E-state index in [1.54, 1.807) is 0 Å². The number of carbonyl (C=O) groups is 1. The lowest BCUT2D eigenvalue weighted by Crippen LogP contribution is -2.70. The largest absolute Gasteiger partial charge is 0.497 e. The molecular weight excluding hydrogens is 530 g/mol. The molecule has 0 aliphatic carbocycles. The van der Waals surface area contributed by atoms with Gasteiger partial charge in [-0.1, -0.05) is 24.3 Å². The van der Waals surface area contributed by atoms with Crippen LogP contribution < -0.4 is 9.47 Å². The van der Waals surface area contributed by atoms with Crippen molar-refractivity contribution in [3.63, 3.8) is 0 Å². The standard InChI is InChI=1S/C20H11F12NO3/c1-35-12-6-2-10(3-7-12)11-4-8-13(9-5-11)36-14(34)15(21,18(26,27)28)33-19(29,30)16(22,23)17(24,25)20(33,31)32/h2-9H,1H3/t15-/m1/s1. The van der Waals surface area contributed by atoms with Crippen LogP contribution in [0.1, 0.15) is 0 Å². The number of halogens is 12. The molecule has 0 saturated carbocycles. The Morgan fingerprint density at radius 3 is 1.39 bits per heavy atom. The smallest absolute Gasteiger partial charge is 0.448 e. The van der Waals surface area contributed by atoms with Gasteiger partial charge in [0.05, 0.1) is 7.11 Å². The molecule has 1 saturated heterocycles. The van der Waals surface area contributed by atoms with Gasteiger partial charge in [-0.25, -0.2) is 9.18 Å². The summed E-state index contributed by atoms with van der Waals surface area (Å²) in [6.07, 6.45) is -7.17. The number of hydrogen-bond donors (Lipinski definition) is 0. The van der Waals surface area contributed by atoms with Crippen LogP contribution >= 0.6 is 0 Å². The van der Waals surface area contributed by atoms with E-state index in [0.717, 1.165) is 12.1 Å². The maximum Gasteiger partial charge on any atom is 0.448 e. The predicted octanol–water partition coefficient (Wildman–Crippen LogP) is 6.27. The van der Waals surface area contributed by atoms with Crippen LogP contribution in [0.4, 0.5) is 52.7 Å². The van der Waals surface area contributed by atoms with Crippen LogP contribution in [-0.2, 0) is 4.79 Å². The molecule has 36 heavy (non-hydrogen) atoms. The SMILES string of the molecule is COc1ccc(-c2ccc(OC(=O)[C@@](F)(N3C(F)(F)C(F)(F)C(F)(F)C3(F)F)C(F)(F)F)cc2)cc1. The lowest BCUT2D eigenvalue weighted by molar-refractivity contribution is -0.382. The second-order valence-electron chi connectivity index (χ2n) is 7.33. The van der Waals surface area contributed by atoms with Gasteiger partial charge in [-0.05, 0) is 35.4 Å². The zero-order valence-electron chi connectivity index (χ0n) is 17.3. The molecule has 1 aliphatic rings. The fourth-order valence-electron chi connectivity index (χ4n) is 3.23. The molecule has 0 aromatic heterocycles. The van der Waals surface area contributed by atoms with Crippen LogP contribution in [0.5, 0.6) is 11.5 Å². The highest BCUT2D eigenvalue weighted by molar-refractivity contribution is 5.83. The minimum atomic E-state index is -7.22. The van der Waals surface area contributed by atoms with Gasteiger partial charge in [0.2, 0.25) is 0 Å². The van der Waals surface area contributed by atoms with Gasteiger partial charge in [0.1, 0.15) is 11.5 Å². The summed E-state index contributed by atoms with van der Waals surface area (Å²) >= 11 is 0. The van der Waals surface area contributed by atoms with Gasteiger partial charge in [0, 0.05) is 0 Å². The first-order chi connectivity index (χ1) is 16.3. The predicted molar refractivity (Wildman–Crippen MR) is 95.6 cm³/mol.